The van der Waals surface area contributed by atoms with Gasteiger partial charge in [-0.3, -0.25) is 0 Å². The average Bonchev–Trinajstić information content (AvgIpc) is 2.81. The second-order valence-corrected chi connectivity index (χ2v) is 8.67. The van der Waals surface area contributed by atoms with E-state index in [4.69, 9.17) is 14.2 Å². The molecule has 4 rings (SSSR count). The number of carbonyl (C=O) groups excluding carboxylic acids is 1. The molecular weight excluding hydrogens is 414 g/mol. The summed E-state index contributed by atoms with van der Waals surface area (Å²) in [6, 6.07) is 18.9. The number of anilines is 1. The van der Waals surface area contributed by atoms with Crippen LogP contribution in [-0.4, -0.2) is 25.7 Å². The lowest BCUT2D eigenvalue weighted by atomic mass is 9.85. The zero-order chi connectivity index (χ0) is 23.6. The van der Waals surface area contributed by atoms with Gasteiger partial charge < -0.3 is 19.5 Å². The highest BCUT2D eigenvalue weighted by atomic mass is 16.5. The smallest absolute Gasteiger partial charge is 0.338 e. The molecule has 5 nitrogen and oxygen atoms in total. The third kappa shape index (κ3) is 4.44. The molecule has 0 unspecified atom stereocenters. The van der Waals surface area contributed by atoms with Crippen molar-refractivity contribution in [2.75, 3.05) is 19.5 Å². The summed E-state index contributed by atoms with van der Waals surface area (Å²) in [6.07, 6.45) is 2.20. The molecule has 3 aromatic carbocycles. The van der Waals surface area contributed by atoms with E-state index < -0.39 is 0 Å². The number of benzene rings is 3. The highest BCUT2D eigenvalue weighted by Crippen LogP contribution is 2.44. The van der Waals surface area contributed by atoms with Crippen molar-refractivity contribution in [3.8, 4) is 22.6 Å². The van der Waals surface area contributed by atoms with Crippen molar-refractivity contribution in [2.45, 2.75) is 32.9 Å². The lowest BCUT2D eigenvalue weighted by molar-refractivity contribution is 0.0473. The maximum absolute atomic E-state index is 12.7. The van der Waals surface area contributed by atoms with E-state index in [1.165, 1.54) is 0 Å². The van der Waals surface area contributed by atoms with Crippen LogP contribution in [0.2, 0.25) is 0 Å². The summed E-state index contributed by atoms with van der Waals surface area (Å²) in [5.41, 5.74) is 6.25. The van der Waals surface area contributed by atoms with Gasteiger partial charge in [0, 0.05) is 22.4 Å². The van der Waals surface area contributed by atoms with Crippen LogP contribution in [0.3, 0.4) is 0 Å². The minimum atomic E-state index is -0.359. The van der Waals surface area contributed by atoms with E-state index in [0.29, 0.717) is 17.1 Å². The van der Waals surface area contributed by atoms with E-state index in [1.54, 1.807) is 26.4 Å². The van der Waals surface area contributed by atoms with E-state index in [-0.39, 0.29) is 18.1 Å². The third-order valence-corrected chi connectivity index (χ3v) is 5.79. The summed E-state index contributed by atoms with van der Waals surface area (Å²) in [7, 11) is 3.25. The van der Waals surface area contributed by atoms with Gasteiger partial charge in [-0.1, -0.05) is 42.5 Å². The second-order valence-electron chi connectivity index (χ2n) is 8.67. The predicted molar refractivity (Wildman–Crippen MR) is 132 cm³/mol. The van der Waals surface area contributed by atoms with Gasteiger partial charge in [0.25, 0.3) is 0 Å². The molecule has 0 saturated carbocycles. The largest absolute Gasteiger partial charge is 0.493 e. The molecule has 0 amide bonds. The number of hydrogen-bond donors (Lipinski definition) is 1. The number of allylic oxidation sites excluding steroid dienone is 1. The quantitative estimate of drug-likeness (QED) is 0.451. The van der Waals surface area contributed by atoms with Crippen molar-refractivity contribution in [3.05, 3.63) is 83.4 Å². The van der Waals surface area contributed by atoms with Crippen LogP contribution in [0.1, 0.15) is 42.3 Å². The Kier molecular flexibility index (Phi) is 6.14. The van der Waals surface area contributed by atoms with Crippen molar-refractivity contribution in [1.29, 1.82) is 0 Å². The first-order valence-electron chi connectivity index (χ1n) is 10.9. The van der Waals surface area contributed by atoms with Gasteiger partial charge in [0.1, 0.15) is 6.61 Å². The molecule has 0 saturated heterocycles. The number of carbonyl (C=O) groups is 1. The maximum atomic E-state index is 12.7. The molecule has 0 fully saturated rings. The monoisotopic (exact) mass is 443 g/mol. The van der Waals surface area contributed by atoms with Crippen molar-refractivity contribution < 1.29 is 19.0 Å². The Morgan fingerprint density at radius 2 is 1.67 bits per heavy atom. The Labute approximate surface area is 195 Å². The maximum Gasteiger partial charge on any atom is 0.338 e. The number of nitrogens with one attached hydrogen (secondary N) is 1. The van der Waals surface area contributed by atoms with Gasteiger partial charge in [-0.05, 0) is 56.2 Å². The molecule has 1 N–H and O–H groups in total. The lowest BCUT2D eigenvalue weighted by Crippen LogP contribution is -2.32. The topological polar surface area (TPSA) is 56.8 Å². The number of para-hydroxylation sites is 1. The van der Waals surface area contributed by atoms with E-state index in [9.17, 15) is 4.79 Å². The highest BCUT2D eigenvalue weighted by Gasteiger charge is 2.27. The van der Waals surface area contributed by atoms with Crippen LogP contribution < -0.4 is 14.8 Å². The summed E-state index contributed by atoms with van der Waals surface area (Å²) in [6.45, 7) is 6.48. The average molecular weight is 444 g/mol. The summed E-state index contributed by atoms with van der Waals surface area (Å²) < 4.78 is 17.0. The van der Waals surface area contributed by atoms with Gasteiger partial charge >= 0.3 is 5.97 Å². The Morgan fingerprint density at radius 1 is 0.909 bits per heavy atom. The van der Waals surface area contributed by atoms with Gasteiger partial charge in [0.2, 0.25) is 0 Å². The van der Waals surface area contributed by atoms with Gasteiger partial charge in [0.15, 0.2) is 11.5 Å². The molecule has 0 spiro atoms. The minimum Gasteiger partial charge on any atom is -0.493 e. The van der Waals surface area contributed by atoms with E-state index in [0.717, 1.165) is 33.5 Å². The Balaban J connectivity index is 1.85. The van der Waals surface area contributed by atoms with Crippen LogP contribution in [0.15, 0.2) is 66.7 Å². The van der Waals surface area contributed by atoms with Crippen LogP contribution in [-0.2, 0) is 11.3 Å². The minimum absolute atomic E-state index is 0.125. The van der Waals surface area contributed by atoms with Gasteiger partial charge in [-0.25, -0.2) is 4.79 Å². The second kappa shape index (κ2) is 9.02. The van der Waals surface area contributed by atoms with Crippen LogP contribution in [0.25, 0.3) is 16.7 Å². The molecule has 170 valence electrons. The number of methoxy groups -OCH3 is 2. The van der Waals surface area contributed by atoms with E-state index in [2.05, 4.69) is 38.2 Å². The van der Waals surface area contributed by atoms with Crippen LogP contribution >= 0.6 is 0 Å². The molecule has 1 aliphatic heterocycles. The summed E-state index contributed by atoms with van der Waals surface area (Å²) in [5.74, 6) is 0.926. The first kappa shape index (κ1) is 22.5. The third-order valence-electron chi connectivity index (χ3n) is 5.79. The zero-order valence-electron chi connectivity index (χ0n) is 19.7. The van der Waals surface area contributed by atoms with Crippen LogP contribution in [0.5, 0.6) is 11.5 Å². The summed E-state index contributed by atoms with van der Waals surface area (Å²) in [5, 5.41) is 3.58. The number of ether oxygens (including phenoxy) is 3. The van der Waals surface area contributed by atoms with Crippen molar-refractivity contribution in [3.63, 3.8) is 0 Å². The number of fused-ring (bicyclic) bond motifs is 1. The van der Waals surface area contributed by atoms with Gasteiger partial charge in [-0.2, -0.15) is 0 Å². The molecule has 0 atom stereocenters. The summed E-state index contributed by atoms with van der Waals surface area (Å²) in [4.78, 5) is 12.7. The van der Waals surface area contributed by atoms with Gasteiger partial charge in [-0.15, -0.1) is 0 Å². The standard InChI is InChI=1S/C28H29NO4/c1-18-16-28(2,3)29-23-15-14-20(21-12-9-13-24(31-4)26(21)32-5)22(25(18)23)17-33-27(30)19-10-7-6-8-11-19/h6-16,29H,17H2,1-5H3. The SMILES string of the molecule is COc1cccc(-c2ccc3c(c2COC(=O)c2ccccc2)C(C)=CC(C)(C)N3)c1OC. The normalized spacial score (nSPS) is 13.9. The molecule has 0 aromatic heterocycles. The number of esters is 1. The molecule has 33 heavy (non-hydrogen) atoms. The molecule has 1 aliphatic rings. The van der Waals surface area contributed by atoms with Crippen molar-refractivity contribution in [1.82, 2.24) is 0 Å². The van der Waals surface area contributed by atoms with Crippen LogP contribution in [0, 0.1) is 0 Å². The first-order chi connectivity index (χ1) is 15.8. The fourth-order valence-electron chi connectivity index (χ4n) is 4.50. The highest BCUT2D eigenvalue weighted by molar-refractivity contribution is 5.91. The lowest BCUT2D eigenvalue weighted by Gasteiger charge is -2.33. The zero-order valence-corrected chi connectivity index (χ0v) is 19.7. The molecule has 0 aliphatic carbocycles. The Hall–Kier alpha value is -3.73. The number of rotatable bonds is 6. The molecule has 1 heterocycles. The first-order valence-corrected chi connectivity index (χ1v) is 10.9. The number of hydrogen-bond acceptors (Lipinski definition) is 5. The van der Waals surface area contributed by atoms with Gasteiger partial charge in [0.05, 0.1) is 25.3 Å². The Morgan fingerprint density at radius 3 is 2.36 bits per heavy atom. The molecule has 3 aromatic rings. The van der Waals surface area contributed by atoms with Crippen molar-refractivity contribution in [2.24, 2.45) is 0 Å². The predicted octanol–water partition coefficient (Wildman–Crippen LogP) is 6.34. The molecule has 0 radical (unpaired) electrons. The molecule has 0 bridgehead atoms. The molecular formula is C28H29NO4. The fourth-order valence-corrected chi connectivity index (χ4v) is 4.50. The molecule has 5 heteroatoms. The van der Waals surface area contributed by atoms with Crippen LogP contribution in [0.4, 0.5) is 5.69 Å². The fraction of sp³-hybridized carbons (Fsp3) is 0.250. The van der Waals surface area contributed by atoms with E-state index in [1.807, 2.05) is 42.5 Å². The van der Waals surface area contributed by atoms with Crippen molar-refractivity contribution >= 4 is 17.2 Å². The van der Waals surface area contributed by atoms with E-state index >= 15 is 0 Å². The Bertz CT molecular complexity index is 1210. The summed E-state index contributed by atoms with van der Waals surface area (Å²) >= 11 is 0.